The molecule has 1 aromatic heterocycles. The summed E-state index contributed by atoms with van der Waals surface area (Å²) in [5.74, 6) is 0. The molecule has 0 aliphatic heterocycles. The first kappa shape index (κ1) is 12.4. The van der Waals surface area contributed by atoms with Crippen LogP contribution in [0.2, 0.25) is 0 Å². The number of non-ortho nitro benzene ring substituents is 1. The topological polar surface area (TPSA) is 82.0 Å². The van der Waals surface area contributed by atoms with E-state index in [4.69, 9.17) is 5.73 Å². The van der Waals surface area contributed by atoms with Gasteiger partial charge in [-0.05, 0) is 18.2 Å². The summed E-state index contributed by atoms with van der Waals surface area (Å²) in [6.07, 6.45) is 3.69. The summed E-state index contributed by atoms with van der Waals surface area (Å²) in [6.45, 7) is 0.479. The highest BCUT2D eigenvalue weighted by atomic mass is 32.1. The van der Waals surface area contributed by atoms with E-state index in [1.165, 1.54) is 23.5 Å². The van der Waals surface area contributed by atoms with Gasteiger partial charge in [-0.3, -0.25) is 10.1 Å². The molecule has 18 heavy (non-hydrogen) atoms. The quantitative estimate of drug-likeness (QED) is 0.677. The van der Waals surface area contributed by atoms with E-state index in [1.807, 2.05) is 17.5 Å². The fraction of sp³-hybridized carbons (Fsp3) is 0.0833. The van der Waals surface area contributed by atoms with Crippen LogP contribution in [0.25, 0.3) is 17.3 Å². The average Bonchev–Trinajstić information content (AvgIpc) is 2.85. The predicted octanol–water partition coefficient (Wildman–Crippen LogP) is 2.69. The number of nitro benzene ring substituents is 1. The van der Waals surface area contributed by atoms with E-state index >= 15 is 0 Å². The summed E-state index contributed by atoms with van der Waals surface area (Å²) in [5.41, 5.74) is 7.12. The molecule has 2 aromatic rings. The predicted molar refractivity (Wildman–Crippen MR) is 72.3 cm³/mol. The van der Waals surface area contributed by atoms with Crippen LogP contribution >= 0.6 is 11.3 Å². The molecule has 0 aliphatic rings. The van der Waals surface area contributed by atoms with Crippen molar-refractivity contribution in [2.24, 2.45) is 5.73 Å². The Bertz CT molecular complexity index is 575. The highest BCUT2D eigenvalue weighted by Gasteiger charge is 2.07. The van der Waals surface area contributed by atoms with Gasteiger partial charge < -0.3 is 5.73 Å². The summed E-state index contributed by atoms with van der Waals surface area (Å²) < 4.78 is 0. The number of aromatic nitrogens is 1. The van der Waals surface area contributed by atoms with Gasteiger partial charge in [-0.1, -0.05) is 6.08 Å². The first-order valence-electron chi connectivity index (χ1n) is 5.27. The molecule has 0 aliphatic carbocycles. The van der Waals surface area contributed by atoms with Crippen LogP contribution in [0.5, 0.6) is 0 Å². The Morgan fingerprint density at radius 3 is 2.72 bits per heavy atom. The van der Waals surface area contributed by atoms with E-state index in [9.17, 15) is 10.1 Å². The van der Waals surface area contributed by atoms with Crippen molar-refractivity contribution in [1.29, 1.82) is 0 Å². The number of nitro groups is 1. The molecule has 0 atom stereocenters. The van der Waals surface area contributed by atoms with Gasteiger partial charge >= 0.3 is 0 Å². The lowest BCUT2D eigenvalue weighted by Gasteiger charge is -1.95. The fourth-order valence-electron chi connectivity index (χ4n) is 1.42. The van der Waals surface area contributed by atoms with Crippen LogP contribution in [0.3, 0.4) is 0 Å². The first-order chi connectivity index (χ1) is 8.70. The van der Waals surface area contributed by atoms with Crippen LogP contribution in [-0.4, -0.2) is 16.5 Å². The maximum Gasteiger partial charge on any atom is 0.269 e. The van der Waals surface area contributed by atoms with Crippen molar-refractivity contribution in [1.82, 2.24) is 4.98 Å². The van der Waals surface area contributed by atoms with E-state index in [0.717, 1.165) is 16.3 Å². The molecule has 0 saturated heterocycles. The average molecular weight is 261 g/mol. The number of nitrogens with zero attached hydrogens (tertiary/aromatic N) is 2. The summed E-state index contributed by atoms with van der Waals surface area (Å²) in [7, 11) is 0. The molecule has 1 heterocycles. The van der Waals surface area contributed by atoms with Crippen molar-refractivity contribution in [3.63, 3.8) is 0 Å². The molecule has 0 spiro atoms. The summed E-state index contributed by atoms with van der Waals surface area (Å²) in [5, 5.41) is 13.3. The van der Waals surface area contributed by atoms with Crippen LogP contribution in [0.4, 0.5) is 5.69 Å². The monoisotopic (exact) mass is 261 g/mol. The largest absolute Gasteiger partial charge is 0.327 e. The van der Waals surface area contributed by atoms with Gasteiger partial charge in [0.25, 0.3) is 5.69 Å². The standard InChI is InChI=1S/C12H11N3O2S/c13-7-1-2-12-14-11(8-18-12)9-3-5-10(6-4-9)15(16)17/h1-6,8H,7,13H2. The Hall–Kier alpha value is -2.05. The summed E-state index contributed by atoms with van der Waals surface area (Å²) >= 11 is 1.51. The van der Waals surface area contributed by atoms with Gasteiger partial charge in [-0.15, -0.1) is 11.3 Å². The zero-order valence-corrected chi connectivity index (χ0v) is 10.3. The lowest BCUT2D eigenvalue weighted by molar-refractivity contribution is -0.384. The van der Waals surface area contributed by atoms with Crippen LogP contribution < -0.4 is 5.73 Å². The lowest BCUT2D eigenvalue weighted by atomic mass is 10.1. The van der Waals surface area contributed by atoms with Gasteiger partial charge in [0.05, 0.1) is 10.6 Å². The van der Waals surface area contributed by atoms with E-state index in [0.29, 0.717) is 6.54 Å². The zero-order valence-electron chi connectivity index (χ0n) is 9.45. The van der Waals surface area contributed by atoms with E-state index in [1.54, 1.807) is 12.1 Å². The zero-order chi connectivity index (χ0) is 13.0. The molecular weight excluding hydrogens is 250 g/mol. The Morgan fingerprint density at radius 2 is 2.11 bits per heavy atom. The molecule has 5 nitrogen and oxygen atoms in total. The van der Waals surface area contributed by atoms with Crippen molar-refractivity contribution < 1.29 is 4.92 Å². The molecule has 0 radical (unpaired) electrons. The second-order valence-corrected chi connectivity index (χ2v) is 4.40. The Balaban J connectivity index is 2.23. The number of rotatable bonds is 4. The van der Waals surface area contributed by atoms with Crippen LogP contribution in [0.15, 0.2) is 35.7 Å². The normalized spacial score (nSPS) is 10.9. The van der Waals surface area contributed by atoms with Crippen LogP contribution in [0, 0.1) is 10.1 Å². The fourth-order valence-corrected chi connectivity index (χ4v) is 2.17. The molecular formula is C12H11N3O2S. The van der Waals surface area contributed by atoms with Crippen molar-refractivity contribution in [3.8, 4) is 11.3 Å². The van der Waals surface area contributed by atoms with Crippen molar-refractivity contribution in [2.45, 2.75) is 0 Å². The molecule has 1 aromatic carbocycles. The summed E-state index contributed by atoms with van der Waals surface area (Å²) in [4.78, 5) is 14.5. The summed E-state index contributed by atoms with van der Waals surface area (Å²) in [6, 6.07) is 6.35. The van der Waals surface area contributed by atoms with Crippen molar-refractivity contribution in [2.75, 3.05) is 6.54 Å². The third-order valence-corrected chi connectivity index (χ3v) is 3.10. The lowest BCUT2D eigenvalue weighted by Crippen LogP contribution is -1.91. The molecule has 0 unspecified atom stereocenters. The van der Waals surface area contributed by atoms with Crippen LogP contribution in [-0.2, 0) is 0 Å². The molecule has 2 N–H and O–H groups in total. The Morgan fingerprint density at radius 1 is 1.39 bits per heavy atom. The number of thiazole rings is 1. The molecule has 0 saturated carbocycles. The second kappa shape index (κ2) is 5.52. The van der Waals surface area contributed by atoms with Gasteiger partial charge in [-0.25, -0.2) is 4.98 Å². The minimum absolute atomic E-state index is 0.0808. The smallest absolute Gasteiger partial charge is 0.269 e. The van der Waals surface area contributed by atoms with E-state index in [-0.39, 0.29) is 5.69 Å². The van der Waals surface area contributed by atoms with Gasteiger partial charge in [-0.2, -0.15) is 0 Å². The highest BCUT2D eigenvalue weighted by molar-refractivity contribution is 7.10. The molecule has 0 amide bonds. The third kappa shape index (κ3) is 2.79. The number of hydrogen-bond acceptors (Lipinski definition) is 5. The van der Waals surface area contributed by atoms with Crippen molar-refractivity contribution >= 4 is 23.1 Å². The van der Waals surface area contributed by atoms with Gasteiger partial charge in [0, 0.05) is 29.6 Å². The Kier molecular flexibility index (Phi) is 3.81. The third-order valence-electron chi connectivity index (χ3n) is 2.29. The first-order valence-corrected chi connectivity index (χ1v) is 6.15. The SMILES string of the molecule is NCC=Cc1nc(-c2ccc([N+](=O)[O-])cc2)cs1. The Labute approximate surface area is 108 Å². The van der Waals surface area contributed by atoms with E-state index < -0.39 is 4.92 Å². The highest BCUT2D eigenvalue weighted by Crippen LogP contribution is 2.24. The molecule has 2 rings (SSSR count). The molecule has 0 bridgehead atoms. The van der Waals surface area contributed by atoms with Crippen LogP contribution in [0.1, 0.15) is 5.01 Å². The molecule has 0 fully saturated rings. The van der Waals surface area contributed by atoms with Crippen molar-refractivity contribution in [3.05, 3.63) is 50.8 Å². The van der Waals surface area contributed by atoms with E-state index in [2.05, 4.69) is 4.98 Å². The molecule has 6 heteroatoms. The van der Waals surface area contributed by atoms with Gasteiger partial charge in [0.15, 0.2) is 0 Å². The van der Waals surface area contributed by atoms with Gasteiger partial charge in [0.2, 0.25) is 0 Å². The maximum atomic E-state index is 10.5. The van der Waals surface area contributed by atoms with Gasteiger partial charge in [0.1, 0.15) is 5.01 Å². The second-order valence-electron chi connectivity index (χ2n) is 3.51. The minimum Gasteiger partial charge on any atom is -0.327 e. The number of hydrogen-bond donors (Lipinski definition) is 1. The molecule has 92 valence electrons. The number of benzene rings is 1. The number of nitrogens with two attached hydrogens (primary N) is 1. The maximum absolute atomic E-state index is 10.5. The minimum atomic E-state index is -0.416.